The van der Waals surface area contributed by atoms with Crippen LogP contribution >= 0.6 is 0 Å². The van der Waals surface area contributed by atoms with Gasteiger partial charge in [-0.3, -0.25) is 10.1 Å². The monoisotopic (exact) mass is 180 g/mol. The second-order valence-corrected chi connectivity index (χ2v) is 2.90. The van der Waals surface area contributed by atoms with Gasteiger partial charge in [-0.1, -0.05) is 6.07 Å². The molecule has 4 nitrogen and oxygen atoms in total. The van der Waals surface area contributed by atoms with Crippen LogP contribution in [0.2, 0.25) is 0 Å². The number of nitrogens with one attached hydrogen (secondary N) is 1. The van der Waals surface area contributed by atoms with Gasteiger partial charge in [-0.15, -0.1) is 0 Å². The normalized spacial score (nSPS) is 10.0. The first-order chi connectivity index (χ1) is 6.15. The minimum atomic E-state index is -0.376. The number of hydrogen-bond donors (Lipinski definition) is 1. The van der Waals surface area contributed by atoms with Crippen molar-refractivity contribution in [1.29, 1.82) is 0 Å². The SMILES string of the molecule is CNCc1cc([N+](=O)[O-])ccc1C. The molecule has 1 aromatic rings. The van der Waals surface area contributed by atoms with Crippen molar-refractivity contribution in [2.75, 3.05) is 7.05 Å². The van der Waals surface area contributed by atoms with Crippen molar-refractivity contribution in [2.24, 2.45) is 0 Å². The van der Waals surface area contributed by atoms with E-state index in [1.54, 1.807) is 12.1 Å². The van der Waals surface area contributed by atoms with Gasteiger partial charge in [0.1, 0.15) is 0 Å². The zero-order valence-corrected chi connectivity index (χ0v) is 7.70. The summed E-state index contributed by atoms with van der Waals surface area (Å²) in [4.78, 5) is 10.1. The van der Waals surface area contributed by atoms with E-state index >= 15 is 0 Å². The third kappa shape index (κ3) is 2.26. The summed E-state index contributed by atoms with van der Waals surface area (Å²) in [7, 11) is 1.82. The van der Waals surface area contributed by atoms with E-state index in [0.29, 0.717) is 6.54 Å². The fourth-order valence-corrected chi connectivity index (χ4v) is 1.15. The van der Waals surface area contributed by atoms with Gasteiger partial charge >= 0.3 is 0 Å². The third-order valence-corrected chi connectivity index (χ3v) is 1.91. The lowest BCUT2D eigenvalue weighted by atomic mass is 10.1. The maximum Gasteiger partial charge on any atom is 0.269 e. The Labute approximate surface area is 76.7 Å². The summed E-state index contributed by atoms with van der Waals surface area (Å²) in [6.07, 6.45) is 0. The summed E-state index contributed by atoms with van der Waals surface area (Å²) in [6, 6.07) is 4.89. The first kappa shape index (κ1) is 9.67. The molecule has 0 bridgehead atoms. The van der Waals surface area contributed by atoms with Crippen molar-refractivity contribution >= 4 is 5.69 Å². The molecule has 13 heavy (non-hydrogen) atoms. The standard InChI is InChI=1S/C9H12N2O2/c1-7-3-4-9(11(12)13)5-8(7)6-10-2/h3-5,10H,6H2,1-2H3. The van der Waals surface area contributed by atoms with Crippen molar-refractivity contribution < 1.29 is 4.92 Å². The second kappa shape index (κ2) is 4.00. The fourth-order valence-electron chi connectivity index (χ4n) is 1.15. The van der Waals surface area contributed by atoms with E-state index in [0.717, 1.165) is 11.1 Å². The molecule has 0 aliphatic heterocycles. The summed E-state index contributed by atoms with van der Waals surface area (Å²) >= 11 is 0. The second-order valence-electron chi connectivity index (χ2n) is 2.90. The predicted octanol–water partition coefficient (Wildman–Crippen LogP) is 1.62. The first-order valence-electron chi connectivity index (χ1n) is 4.03. The van der Waals surface area contributed by atoms with Gasteiger partial charge in [0.05, 0.1) is 4.92 Å². The number of rotatable bonds is 3. The Bertz CT molecular complexity index is 323. The van der Waals surface area contributed by atoms with Gasteiger partial charge in [0.15, 0.2) is 0 Å². The van der Waals surface area contributed by atoms with Gasteiger partial charge in [0, 0.05) is 18.7 Å². The van der Waals surface area contributed by atoms with E-state index in [-0.39, 0.29) is 10.6 Å². The highest BCUT2D eigenvalue weighted by atomic mass is 16.6. The van der Waals surface area contributed by atoms with Crippen molar-refractivity contribution in [3.63, 3.8) is 0 Å². The molecule has 1 N–H and O–H groups in total. The van der Waals surface area contributed by atoms with E-state index in [1.165, 1.54) is 6.07 Å². The lowest BCUT2D eigenvalue weighted by molar-refractivity contribution is -0.384. The Morgan fingerprint density at radius 1 is 1.54 bits per heavy atom. The molecule has 4 heteroatoms. The Morgan fingerprint density at radius 2 is 2.23 bits per heavy atom. The van der Waals surface area contributed by atoms with Crippen molar-refractivity contribution in [1.82, 2.24) is 5.32 Å². The molecule has 0 atom stereocenters. The Morgan fingerprint density at radius 3 is 2.77 bits per heavy atom. The average molecular weight is 180 g/mol. The molecule has 0 unspecified atom stereocenters. The van der Waals surface area contributed by atoms with Crippen LogP contribution < -0.4 is 5.32 Å². The van der Waals surface area contributed by atoms with E-state index < -0.39 is 0 Å². The van der Waals surface area contributed by atoms with Crippen molar-refractivity contribution in [3.05, 3.63) is 39.4 Å². The van der Waals surface area contributed by atoms with E-state index in [1.807, 2.05) is 14.0 Å². The van der Waals surface area contributed by atoms with Gasteiger partial charge in [-0.2, -0.15) is 0 Å². The Balaban J connectivity index is 3.03. The first-order valence-corrected chi connectivity index (χ1v) is 4.03. The fraction of sp³-hybridized carbons (Fsp3) is 0.333. The van der Waals surface area contributed by atoms with Gasteiger partial charge in [0.25, 0.3) is 5.69 Å². The molecule has 0 aliphatic rings. The summed E-state index contributed by atoms with van der Waals surface area (Å²) in [5.74, 6) is 0. The minimum absolute atomic E-state index is 0.149. The van der Waals surface area contributed by atoms with Crippen LogP contribution in [0.3, 0.4) is 0 Å². The molecule has 1 rings (SSSR count). The molecule has 0 radical (unpaired) electrons. The molecule has 70 valence electrons. The largest absolute Gasteiger partial charge is 0.316 e. The van der Waals surface area contributed by atoms with Crippen LogP contribution in [0.15, 0.2) is 18.2 Å². The zero-order chi connectivity index (χ0) is 9.84. The Kier molecular flexibility index (Phi) is 2.97. The number of hydrogen-bond acceptors (Lipinski definition) is 3. The van der Waals surface area contributed by atoms with Crippen LogP contribution in [-0.4, -0.2) is 12.0 Å². The van der Waals surface area contributed by atoms with Gasteiger partial charge in [-0.05, 0) is 25.1 Å². The summed E-state index contributed by atoms with van der Waals surface area (Å²) < 4.78 is 0. The molecule has 0 saturated heterocycles. The molecule has 0 heterocycles. The van der Waals surface area contributed by atoms with Crippen LogP contribution in [0, 0.1) is 17.0 Å². The summed E-state index contributed by atoms with van der Waals surface area (Å²) in [6.45, 7) is 2.60. The van der Waals surface area contributed by atoms with Crippen LogP contribution in [0.5, 0.6) is 0 Å². The minimum Gasteiger partial charge on any atom is -0.316 e. The van der Waals surface area contributed by atoms with Crippen LogP contribution in [0.25, 0.3) is 0 Å². The summed E-state index contributed by atoms with van der Waals surface area (Å²) in [5, 5.41) is 13.4. The molecule has 0 amide bonds. The lowest BCUT2D eigenvalue weighted by Crippen LogP contribution is -2.06. The topological polar surface area (TPSA) is 55.2 Å². The van der Waals surface area contributed by atoms with Crippen molar-refractivity contribution in [2.45, 2.75) is 13.5 Å². The van der Waals surface area contributed by atoms with Gasteiger partial charge < -0.3 is 5.32 Å². The van der Waals surface area contributed by atoms with Gasteiger partial charge in [-0.25, -0.2) is 0 Å². The van der Waals surface area contributed by atoms with E-state index in [2.05, 4.69) is 5.32 Å². The zero-order valence-electron chi connectivity index (χ0n) is 7.70. The average Bonchev–Trinajstić information content (AvgIpc) is 2.08. The highest BCUT2D eigenvalue weighted by Gasteiger charge is 2.07. The number of non-ortho nitro benzene ring substituents is 1. The molecule has 1 aromatic carbocycles. The maximum absolute atomic E-state index is 10.5. The molecule has 0 fully saturated rings. The number of nitrogens with zero attached hydrogens (tertiary/aromatic N) is 1. The number of nitro groups is 1. The molecular formula is C9H12N2O2. The van der Waals surface area contributed by atoms with Crippen molar-refractivity contribution in [3.8, 4) is 0 Å². The Hall–Kier alpha value is -1.42. The van der Waals surface area contributed by atoms with E-state index in [4.69, 9.17) is 0 Å². The number of benzene rings is 1. The van der Waals surface area contributed by atoms with Crippen LogP contribution in [0.4, 0.5) is 5.69 Å². The van der Waals surface area contributed by atoms with Crippen LogP contribution in [-0.2, 0) is 6.54 Å². The molecule has 0 saturated carbocycles. The molecule has 0 spiro atoms. The molecule has 0 aromatic heterocycles. The molecular weight excluding hydrogens is 168 g/mol. The highest BCUT2D eigenvalue weighted by molar-refractivity contribution is 5.39. The lowest BCUT2D eigenvalue weighted by Gasteiger charge is -2.03. The summed E-state index contributed by atoms with van der Waals surface area (Å²) in [5.41, 5.74) is 2.19. The maximum atomic E-state index is 10.5. The van der Waals surface area contributed by atoms with E-state index in [9.17, 15) is 10.1 Å². The predicted molar refractivity (Wildman–Crippen MR) is 50.6 cm³/mol. The number of nitro benzene ring substituents is 1. The van der Waals surface area contributed by atoms with Gasteiger partial charge in [0.2, 0.25) is 0 Å². The number of aryl methyl sites for hydroxylation is 1. The third-order valence-electron chi connectivity index (χ3n) is 1.91. The smallest absolute Gasteiger partial charge is 0.269 e. The van der Waals surface area contributed by atoms with Crippen LogP contribution in [0.1, 0.15) is 11.1 Å². The molecule has 0 aliphatic carbocycles. The quantitative estimate of drug-likeness (QED) is 0.568. The highest BCUT2D eigenvalue weighted by Crippen LogP contribution is 2.16.